The highest BCUT2D eigenvalue weighted by Crippen LogP contribution is 2.32. The first-order valence-electron chi connectivity index (χ1n) is 6.78. The van der Waals surface area contributed by atoms with E-state index in [1.807, 2.05) is 28.8 Å². The molecular weight excluding hydrogens is 286 g/mol. The van der Waals surface area contributed by atoms with Crippen molar-refractivity contribution in [1.82, 2.24) is 14.5 Å². The number of hydrogen-bond acceptors (Lipinski definition) is 4. The van der Waals surface area contributed by atoms with Crippen molar-refractivity contribution in [2.45, 2.75) is 6.42 Å². The predicted molar refractivity (Wildman–Crippen MR) is 81.9 cm³/mol. The minimum absolute atomic E-state index is 0.632. The third-order valence-electron chi connectivity index (χ3n) is 3.47. The van der Waals surface area contributed by atoms with Crippen LogP contribution in [-0.4, -0.2) is 27.7 Å². The number of aromatic amines is 1. The molecule has 0 unspecified atom stereocenters. The molecule has 0 saturated heterocycles. The number of hydrogen-bond donors (Lipinski definition) is 1. The molecule has 106 valence electrons. The molecule has 1 N–H and O–H groups in total. The highest BCUT2D eigenvalue weighted by molar-refractivity contribution is 7.71. The van der Waals surface area contributed by atoms with Crippen LogP contribution in [0.4, 0.5) is 0 Å². The number of benzene rings is 1. The number of H-pyrrole nitrogens is 1. The maximum atomic E-state index is 5.74. The zero-order valence-electron chi connectivity index (χ0n) is 11.2. The minimum Gasteiger partial charge on any atom is -0.490 e. The van der Waals surface area contributed by atoms with Crippen LogP contribution < -0.4 is 9.47 Å². The number of imidazole rings is 1. The molecule has 2 aromatic heterocycles. The first-order chi connectivity index (χ1) is 10.3. The summed E-state index contributed by atoms with van der Waals surface area (Å²) in [5, 5.41) is 0. The van der Waals surface area contributed by atoms with Crippen LogP contribution in [0.25, 0.3) is 16.7 Å². The zero-order valence-corrected chi connectivity index (χ0v) is 12.0. The molecule has 0 spiro atoms. The first-order valence-corrected chi connectivity index (χ1v) is 7.18. The lowest BCUT2D eigenvalue weighted by atomic mass is 10.2. The summed E-state index contributed by atoms with van der Waals surface area (Å²) in [6, 6.07) is 7.81. The number of aromatic nitrogens is 3. The third kappa shape index (κ3) is 2.08. The summed E-state index contributed by atoms with van der Waals surface area (Å²) in [6.45, 7) is 1.35. The van der Waals surface area contributed by atoms with Crippen molar-refractivity contribution in [3.05, 3.63) is 41.4 Å². The van der Waals surface area contributed by atoms with Crippen LogP contribution in [0, 0.1) is 4.77 Å². The Morgan fingerprint density at radius 1 is 1.14 bits per heavy atom. The number of pyridine rings is 1. The average Bonchev–Trinajstić information content (AvgIpc) is 2.68. The SMILES string of the molecule is S=c1[nH]c2cnccc2n1-c1ccc2c(c1)OCCCO2. The Bertz CT molecular complexity index is 869. The first kappa shape index (κ1) is 12.4. The summed E-state index contributed by atoms with van der Waals surface area (Å²) in [7, 11) is 0. The van der Waals surface area contributed by atoms with E-state index in [1.165, 1.54) is 0 Å². The van der Waals surface area contributed by atoms with Crippen molar-refractivity contribution >= 4 is 23.3 Å². The van der Waals surface area contributed by atoms with Gasteiger partial charge in [0.05, 0.1) is 36.1 Å². The Hall–Kier alpha value is -2.34. The molecular formula is C15H13N3O2S. The number of fused-ring (bicyclic) bond motifs is 2. The molecule has 1 aliphatic rings. The van der Waals surface area contributed by atoms with Crippen molar-refractivity contribution in [2.75, 3.05) is 13.2 Å². The molecule has 0 amide bonds. The highest BCUT2D eigenvalue weighted by atomic mass is 32.1. The van der Waals surface area contributed by atoms with E-state index < -0.39 is 0 Å². The molecule has 4 rings (SSSR count). The standard InChI is InChI=1S/C15H13N3O2S/c21-15-17-11-9-16-5-4-12(11)18(15)10-2-3-13-14(8-10)20-7-1-6-19-13/h2-5,8-9H,1,6-7H2,(H,17,21). The van der Waals surface area contributed by atoms with Gasteiger partial charge in [-0.05, 0) is 30.4 Å². The lowest BCUT2D eigenvalue weighted by Crippen LogP contribution is -1.98. The number of nitrogens with zero attached hydrogens (tertiary/aromatic N) is 2. The molecule has 3 heterocycles. The molecule has 0 atom stereocenters. The topological polar surface area (TPSA) is 52.1 Å². The van der Waals surface area contributed by atoms with Crippen LogP contribution in [0.15, 0.2) is 36.7 Å². The number of nitrogens with one attached hydrogen (secondary N) is 1. The summed E-state index contributed by atoms with van der Waals surface area (Å²) < 4.78 is 14.0. The second-order valence-corrected chi connectivity index (χ2v) is 5.23. The molecule has 3 aromatic rings. The van der Waals surface area contributed by atoms with Gasteiger partial charge in [0.25, 0.3) is 0 Å². The van der Waals surface area contributed by atoms with Crippen molar-refractivity contribution < 1.29 is 9.47 Å². The summed E-state index contributed by atoms with van der Waals surface area (Å²) in [4.78, 5) is 7.27. The average molecular weight is 299 g/mol. The molecule has 1 aliphatic heterocycles. The Kier molecular flexibility index (Phi) is 2.89. The van der Waals surface area contributed by atoms with Gasteiger partial charge in [0.1, 0.15) is 0 Å². The van der Waals surface area contributed by atoms with Crippen molar-refractivity contribution in [3.8, 4) is 17.2 Å². The highest BCUT2D eigenvalue weighted by Gasteiger charge is 2.13. The van der Waals surface area contributed by atoms with Gasteiger partial charge >= 0.3 is 0 Å². The van der Waals surface area contributed by atoms with Crippen molar-refractivity contribution in [3.63, 3.8) is 0 Å². The lowest BCUT2D eigenvalue weighted by Gasteiger charge is -2.10. The molecule has 0 bridgehead atoms. The molecule has 1 aromatic carbocycles. The molecule has 0 fully saturated rings. The molecule has 0 saturated carbocycles. The molecule has 5 nitrogen and oxygen atoms in total. The fraction of sp³-hybridized carbons (Fsp3) is 0.200. The van der Waals surface area contributed by atoms with E-state index in [0.717, 1.165) is 34.6 Å². The van der Waals surface area contributed by atoms with Crippen LogP contribution in [0.1, 0.15) is 6.42 Å². The van der Waals surface area contributed by atoms with E-state index in [2.05, 4.69) is 9.97 Å². The molecule has 6 heteroatoms. The lowest BCUT2D eigenvalue weighted by molar-refractivity contribution is 0.297. The van der Waals surface area contributed by atoms with Gasteiger partial charge in [-0.2, -0.15) is 0 Å². The van der Waals surface area contributed by atoms with Gasteiger partial charge in [-0.15, -0.1) is 0 Å². The van der Waals surface area contributed by atoms with Crippen LogP contribution in [-0.2, 0) is 0 Å². The van der Waals surface area contributed by atoms with Crippen molar-refractivity contribution in [2.24, 2.45) is 0 Å². The van der Waals surface area contributed by atoms with Crippen LogP contribution in [0.2, 0.25) is 0 Å². The molecule has 21 heavy (non-hydrogen) atoms. The summed E-state index contributed by atoms with van der Waals surface area (Å²) >= 11 is 5.42. The number of rotatable bonds is 1. The van der Waals surface area contributed by atoms with Gasteiger partial charge in [0, 0.05) is 18.7 Å². The largest absolute Gasteiger partial charge is 0.490 e. The second kappa shape index (κ2) is 4.89. The van der Waals surface area contributed by atoms with Gasteiger partial charge in [-0.3, -0.25) is 9.55 Å². The van der Waals surface area contributed by atoms with E-state index in [0.29, 0.717) is 18.0 Å². The molecule has 0 aliphatic carbocycles. The van der Waals surface area contributed by atoms with Gasteiger partial charge in [-0.25, -0.2) is 0 Å². The van der Waals surface area contributed by atoms with E-state index >= 15 is 0 Å². The Morgan fingerprint density at radius 2 is 2.00 bits per heavy atom. The van der Waals surface area contributed by atoms with E-state index in [1.54, 1.807) is 12.4 Å². The van der Waals surface area contributed by atoms with Crippen molar-refractivity contribution in [1.29, 1.82) is 0 Å². The summed E-state index contributed by atoms with van der Waals surface area (Å²) in [5.41, 5.74) is 2.85. The monoisotopic (exact) mass is 299 g/mol. The fourth-order valence-electron chi connectivity index (χ4n) is 2.51. The van der Waals surface area contributed by atoms with Crippen LogP contribution >= 0.6 is 12.2 Å². The van der Waals surface area contributed by atoms with E-state index in [9.17, 15) is 0 Å². The van der Waals surface area contributed by atoms with Crippen LogP contribution in [0.3, 0.4) is 0 Å². The van der Waals surface area contributed by atoms with Gasteiger partial charge in [-0.1, -0.05) is 0 Å². The maximum absolute atomic E-state index is 5.74. The smallest absolute Gasteiger partial charge is 0.182 e. The van der Waals surface area contributed by atoms with E-state index in [4.69, 9.17) is 21.7 Å². The quantitative estimate of drug-likeness (QED) is 0.701. The van der Waals surface area contributed by atoms with Gasteiger partial charge < -0.3 is 14.5 Å². The Balaban J connectivity index is 1.91. The van der Waals surface area contributed by atoms with Gasteiger partial charge in [0.2, 0.25) is 0 Å². The predicted octanol–water partition coefficient (Wildman–Crippen LogP) is 3.24. The third-order valence-corrected chi connectivity index (χ3v) is 3.76. The zero-order chi connectivity index (χ0) is 14.2. The minimum atomic E-state index is 0.632. The Labute approximate surface area is 126 Å². The van der Waals surface area contributed by atoms with Gasteiger partial charge in [0.15, 0.2) is 16.3 Å². The van der Waals surface area contributed by atoms with E-state index in [-0.39, 0.29) is 0 Å². The maximum Gasteiger partial charge on any atom is 0.182 e. The molecule has 0 radical (unpaired) electrons. The van der Waals surface area contributed by atoms with Crippen LogP contribution in [0.5, 0.6) is 11.5 Å². The fourth-order valence-corrected chi connectivity index (χ4v) is 2.82. The number of ether oxygens (including phenoxy) is 2. The summed E-state index contributed by atoms with van der Waals surface area (Å²) in [6.07, 6.45) is 4.41. The second-order valence-electron chi connectivity index (χ2n) is 4.84. The Morgan fingerprint density at radius 3 is 2.90 bits per heavy atom. The normalized spacial score (nSPS) is 14.1. The summed E-state index contributed by atoms with van der Waals surface area (Å²) in [5.74, 6) is 1.54.